The molecule has 0 aliphatic carbocycles. The number of amides is 2. The first kappa shape index (κ1) is 18.8. The lowest BCUT2D eigenvalue weighted by Crippen LogP contribution is -2.44. The number of carbonyl (C=O) groups excluding carboxylic acids is 2. The van der Waals surface area contributed by atoms with Crippen molar-refractivity contribution in [1.82, 2.24) is 30.2 Å². The van der Waals surface area contributed by atoms with Crippen LogP contribution in [-0.4, -0.2) is 90.4 Å². The van der Waals surface area contributed by atoms with Gasteiger partial charge in [0, 0.05) is 58.0 Å². The average molecular weight is 364 g/mol. The van der Waals surface area contributed by atoms with Crippen molar-refractivity contribution in [3.05, 3.63) is 18.0 Å². The number of carbonyl (C=O) groups is 2. The number of aryl methyl sites for hydroxylation is 1. The topological polar surface area (TPSA) is 91.7 Å². The van der Waals surface area contributed by atoms with E-state index in [4.69, 9.17) is 4.74 Å². The Balaban J connectivity index is 1.49. The Kier molecular flexibility index (Phi) is 6.23. The Bertz CT molecular complexity index is 628. The maximum Gasteiger partial charge on any atom is 0.242 e. The van der Waals surface area contributed by atoms with Gasteiger partial charge in [-0.15, -0.1) is 0 Å². The molecule has 26 heavy (non-hydrogen) atoms. The molecule has 1 aromatic heterocycles. The highest BCUT2D eigenvalue weighted by Crippen LogP contribution is 2.15. The van der Waals surface area contributed by atoms with Crippen LogP contribution in [0.5, 0.6) is 0 Å². The van der Waals surface area contributed by atoms with E-state index in [2.05, 4.69) is 20.6 Å². The Hall–Kier alpha value is -1.97. The molecule has 2 N–H and O–H groups in total. The van der Waals surface area contributed by atoms with Gasteiger partial charge in [-0.3, -0.25) is 19.2 Å². The van der Waals surface area contributed by atoms with Crippen LogP contribution in [0, 0.1) is 0 Å². The fourth-order valence-corrected chi connectivity index (χ4v) is 3.49. The molecule has 0 saturated carbocycles. The van der Waals surface area contributed by atoms with Crippen molar-refractivity contribution in [2.45, 2.75) is 18.5 Å². The van der Waals surface area contributed by atoms with Gasteiger partial charge in [-0.1, -0.05) is 0 Å². The first-order valence-electron chi connectivity index (χ1n) is 9.11. The van der Waals surface area contributed by atoms with Crippen LogP contribution in [0.3, 0.4) is 0 Å². The summed E-state index contributed by atoms with van der Waals surface area (Å²) in [4.78, 5) is 29.0. The van der Waals surface area contributed by atoms with Crippen molar-refractivity contribution in [2.75, 3.05) is 53.0 Å². The highest BCUT2D eigenvalue weighted by molar-refractivity contribution is 5.85. The smallest absolute Gasteiger partial charge is 0.242 e. The zero-order chi connectivity index (χ0) is 18.5. The van der Waals surface area contributed by atoms with Crippen LogP contribution >= 0.6 is 0 Å². The minimum Gasteiger partial charge on any atom is -0.379 e. The highest BCUT2D eigenvalue weighted by Gasteiger charge is 2.32. The number of morpholine rings is 1. The molecular formula is C17H28N6O3. The molecule has 0 bridgehead atoms. The normalized spacial score (nSPS) is 22.6. The molecule has 2 saturated heterocycles. The van der Waals surface area contributed by atoms with Crippen molar-refractivity contribution in [2.24, 2.45) is 7.05 Å². The van der Waals surface area contributed by atoms with E-state index in [0.717, 1.165) is 38.4 Å². The van der Waals surface area contributed by atoms with Gasteiger partial charge in [-0.05, 0) is 7.05 Å². The molecule has 0 spiro atoms. The van der Waals surface area contributed by atoms with E-state index in [1.54, 1.807) is 17.9 Å². The number of hydrogen-bond acceptors (Lipinski definition) is 6. The van der Waals surface area contributed by atoms with Gasteiger partial charge < -0.3 is 20.3 Å². The van der Waals surface area contributed by atoms with Gasteiger partial charge in [0.05, 0.1) is 25.5 Å². The lowest BCUT2D eigenvalue weighted by Gasteiger charge is -2.28. The number of likely N-dealkylation sites (N-methyl/N-ethyl adjacent to an activating group) is 1. The first-order chi connectivity index (χ1) is 12.6. The van der Waals surface area contributed by atoms with Crippen LogP contribution in [-0.2, 0) is 21.4 Å². The van der Waals surface area contributed by atoms with Crippen molar-refractivity contribution in [3.63, 3.8) is 0 Å². The summed E-state index contributed by atoms with van der Waals surface area (Å²) in [6.45, 7) is 5.46. The molecule has 2 unspecified atom stereocenters. The summed E-state index contributed by atoms with van der Waals surface area (Å²) < 4.78 is 7.01. The molecule has 3 rings (SSSR count). The van der Waals surface area contributed by atoms with Gasteiger partial charge in [-0.2, -0.15) is 5.10 Å². The van der Waals surface area contributed by atoms with Gasteiger partial charge in [0.2, 0.25) is 11.8 Å². The molecule has 9 heteroatoms. The molecule has 1 aromatic rings. The lowest BCUT2D eigenvalue weighted by atomic mass is 10.1. The van der Waals surface area contributed by atoms with Crippen LogP contribution in [0.2, 0.25) is 0 Å². The van der Waals surface area contributed by atoms with E-state index >= 15 is 0 Å². The predicted molar refractivity (Wildman–Crippen MR) is 95.4 cm³/mol. The third kappa shape index (κ3) is 4.60. The lowest BCUT2D eigenvalue weighted by molar-refractivity contribution is -0.128. The van der Waals surface area contributed by atoms with Crippen LogP contribution in [0.1, 0.15) is 18.0 Å². The molecule has 0 radical (unpaired) electrons. The van der Waals surface area contributed by atoms with Crippen LogP contribution in [0.15, 0.2) is 12.4 Å². The first-order valence-corrected chi connectivity index (χ1v) is 9.11. The van der Waals surface area contributed by atoms with E-state index in [-0.39, 0.29) is 17.9 Å². The zero-order valence-electron chi connectivity index (χ0n) is 15.5. The fraction of sp³-hybridized carbons (Fsp3) is 0.706. The van der Waals surface area contributed by atoms with Crippen molar-refractivity contribution < 1.29 is 14.3 Å². The Morgan fingerprint density at radius 2 is 2.15 bits per heavy atom. The highest BCUT2D eigenvalue weighted by atomic mass is 16.5. The number of ether oxygens (including phenoxy) is 1. The number of rotatable bonds is 7. The maximum absolute atomic E-state index is 12.6. The second kappa shape index (κ2) is 8.61. The average Bonchev–Trinajstić information content (AvgIpc) is 3.20. The summed E-state index contributed by atoms with van der Waals surface area (Å²) in [6, 6.07) is -0.617. The number of aromatic nitrogens is 2. The monoisotopic (exact) mass is 364 g/mol. The Morgan fingerprint density at radius 3 is 2.81 bits per heavy atom. The molecule has 144 valence electrons. The second-order valence-corrected chi connectivity index (χ2v) is 6.87. The quantitative estimate of drug-likeness (QED) is 0.627. The van der Waals surface area contributed by atoms with E-state index < -0.39 is 6.04 Å². The summed E-state index contributed by atoms with van der Waals surface area (Å²) in [6.07, 6.45) is 3.85. The molecule has 3 heterocycles. The van der Waals surface area contributed by atoms with E-state index in [0.29, 0.717) is 19.5 Å². The molecule has 2 atom stereocenters. The minimum atomic E-state index is -0.471. The number of likely N-dealkylation sites (tertiary alicyclic amines) is 1. The molecule has 9 nitrogen and oxygen atoms in total. The Labute approximate surface area is 153 Å². The van der Waals surface area contributed by atoms with Crippen LogP contribution < -0.4 is 10.6 Å². The fourth-order valence-electron chi connectivity index (χ4n) is 3.49. The molecule has 0 aromatic carbocycles. The summed E-state index contributed by atoms with van der Waals surface area (Å²) in [5.41, 5.74) is 0.806. The molecule has 2 amide bonds. The van der Waals surface area contributed by atoms with Crippen LogP contribution in [0.25, 0.3) is 0 Å². The Morgan fingerprint density at radius 1 is 1.38 bits per heavy atom. The third-order valence-corrected chi connectivity index (χ3v) is 4.96. The standard InChI is InChI=1S/C17H28N6O3/c1-18-16(13-10-19-21(2)11-13)17(25)20-14-9-15(24)23(12-14)4-3-22-5-7-26-8-6-22/h10-11,14,16,18H,3-9,12H2,1-2H3,(H,20,25). The van der Waals surface area contributed by atoms with E-state index in [1.807, 2.05) is 18.1 Å². The van der Waals surface area contributed by atoms with Gasteiger partial charge in [0.1, 0.15) is 6.04 Å². The van der Waals surface area contributed by atoms with Gasteiger partial charge in [0.15, 0.2) is 0 Å². The predicted octanol–water partition coefficient (Wildman–Crippen LogP) is -1.27. The third-order valence-electron chi connectivity index (χ3n) is 4.96. The van der Waals surface area contributed by atoms with Crippen LogP contribution in [0.4, 0.5) is 0 Å². The largest absolute Gasteiger partial charge is 0.379 e. The summed E-state index contributed by atoms with van der Waals surface area (Å²) in [5.74, 6) is -0.0284. The number of nitrogens with zero attached hydrogens (tertiary/aromatic N) is 4. The molecule has 2 aliphatic heterocycles. The van der Waals surface area contributed by atoms with E-state index in [1.165, 1.54) is 0 Å². The number of nitrogens with one attached hydrogen (secondary N) is 2. The minimum absolute atomic E-state index is 0.103. The summed E-state index contributed by atoms with van der Waals surface area (Å²) in [7, 11) is 3.56. The van der Waals surface area contributed by atoms with Crippen molar-refractivity contribution >= 4 is 11.8 Å². The SMILES string of the molecule is CNC(C(=O)NC1CC(=O)N(CCN2CCOCC2)C1)c1cnn(C)c1. The van der Waals surface area contributed by atoms with Gasteiger partial charge in [-0.25, -0.2) is 0 Å². The molecule has 2 fully saturated rings. The zero-order valence-corrected chi connectivity index (χ0v) is 15.5. The van der Waals surface area contributed by atoms with Gasteiger partial charge in [0.25, 0.3) is 0 Å². The molecular weight excluding hydrogens is 336 g/mol. The molecule has 2 aliphatic rings. The van der Waals surface area contributed by atoms with Gasteiger partial charge >= 0.3 is 0 Å². The van der Waals surface area contributed by atoms with E-state index in [9.17, 15) is 9.59 Å². The second-order valence-electron chi connectivity index (χ2n) is 6.87. The summed E-state index contributed by atoms with van der Waals surface area (Å²) >= 11 is 0. The number of hydrogen-bond donors (Lipinski definition) is 2. The van der Waals surface area contributed by atoms with Crippen molar-refractivity contribution in [3.8, 4) is 0 Å². The summed E-state index contributed by atoms with van der Waals surface area (Å²) in [5, 5.41) is 10.1. The van der Waals surface area contributed by atoms with Crippen molar-refractivity contribution in [1.29, 1.82) is 0 Å². The maximum atomic E-state index is 12.6.